The fraction of sp³-hybridized carbons (Fsp3) is 0.526. The predicted molar refractivity (Wildman–Crippen MR) is 96.1 cm³/mol. The van der Waals surface area contributed by atoms with E-state index in [9.17, 15) is 4.79 Å². The fourth-order valence-corrected chi connectivity index (χ4v) is 2.98. The van der Waals surface area contributed by atoms with Crippen LogP contribution in [0.25, 0.3) is 11.4 Å². The quantitative estimate of drug-likeness (QED) is 0.828. The molecule has 1 aromatic carbocycles. The SMILES string of the molecule is COc1ccccc1-c1noc(C2CCN(C(=O)OC(C)(C)C)CC2)n1. The molecule has 1 aliphatic rings. The van der Waals surface area contributed by atoms with Gasteiger partial charge in [0.1, 0.15) is 11.4 Å². The summed E-state index contributed by atoms with van der Waals surface area (Å²) in [7, 11) is 1.62. The van der Waals surface area contributed by atoms with Crippen molar-refractivity contribution in [3.63, 3.8) is 0 Å². The fourth-order valence-electron chi connectivity index (χ4n) is 2.98. The minimum absolute atomic E-state index is 0.143. The van der Waals surface area contributed by atoms with E-state index in [1.165, 1.54) is 0 Å². The maximum absolute atomic E-state index is 12.2. The van der Waals surface area contributed by atoms with Crippen LogP contribution in [0.4, 0.5) is 4.79 Å². The van der Waals surface area contributed by atoms with Crippen molar-refractivity contribution >= 4 is 6.09 Å². The number of benzene rings is 1. The lowest BCUT2D eigenvalue weighted by Gasteiger charge is -2.32. The number of amides is 1. The number of carbonyl (C=O) groups excluding carboxylic acids is 1. The number of nitrogens with zero attached hydrogens (tertiary/aromatic N) is 3. The largest absolute Gasteiger partial charge is 0.496 e. The van der Waals surface area contributed by atoms with Crippen LogP contribution < -0.4 is 4.74 Å². The predicted octanol–water partition coefficient (Wildman–Crippen LogP) is 3.86. The average molecular weight is 359 g/mol. The zero-order chi connectivity index (χ0) is 18.7. The Morgan fingerprint density at radius 2 is 1.92 bits per heavy atom. The van der Waals surface area contributed by atoms with Crippen LogP contribution in [0.5, 0.6) is 5.75 Å². The van der Waals surface area contributed by atoms with Crippen LogP contribution >= 0.6 is 0 Å². The van der Waals surface area contributed by atoms with Gasteiger partial charge in [0.2, 0.25) is 11.7 Å². The summed E-state index contributed by atoms with van der Waals surface area (Å²) in [6.45, 7) is 6.85. The maximum atomic E-state index is 12.2. The topological polar surface area (TPSA) is 77.7 Å². The van der Waals surface area contributed by atoms with Gasteiger partial charge in [-0.3, -0.25) is 0 Å². The molecule has 1 saturated heterocycles. The molecular formula is C19H25N3O4. The molecule has 2 aromatic rings. The molecule has 2 heterocycles. The van der Waals surface area contributed by atoms with Crippen molar-refractivity contribution < 1.29 is 18.8 Å². The molecule has 3 rings (SSSR count). The first kappa shape index (κ1) is 18.2. The van der Waals surface area contributed by atoms with Gasteiger partial charge in [0.25, 0.3) is 0 Å². The Kier molecular flexibility index (Phi) is 5.15. The van der Waals surface area contributed by atoms with E-state index in [2.05, 4.69) is 10.1 Å². The van der Waals surface area contributed by atoms with Gasteiger partial charge in [-0.1, -0.05) is 17.3 Å². The number of hydrogen-bond acceptors (Lipinski definition) is 6. The molecule has 0 radical (unpaired) electrons. The molecule has 0 atom stereocenters. The Balaban J connectivity index is 1.64. The molecule has 7 heteroatoms. The molecule has 26 heavy (non-hydrogen) atoms. The van der Waals surface area contributed by atoms with Crippen LogP contribution in [-0.2, 0) is 4.74 Å². The molecule has 7 nitrogen and oxygen atoms in total. The number of methoxy groups -OCH3 is 1. The second-order valence-electron chi connectivity index (χ2n) is 7.40. The summed E-state index contributed by atoms with van der Waals surface area (Å²) in [5, 5.41) is 4.10. The number of hydrogen-bond donors (Lipinski definition) is 0. The smallest absolute Gasteiger partial charge is 0.410 e. The van der Waals surface area contributed by atoms with Crippen molar-refractivity contribution in [2.45, 2.75) is 45.1 Å². The standard InChI is InChI=1S/C19H25N3O4/c1-19(2,3)25-18(23)22-11-9-13(10-12-22)17-20-16(21-26-17)14-7-5-6-8-15(14)24-4/h5-8,13H,9-12H2,1-4H3. The number of rotatable bonds is 3. The molecule has 1 aromatic heterocycles. The van der Waals surface area contributed by atoms with E-state index in [0.29, 0.717) is 30.6 Å². The van der Waals surface area contributed by atoms with Gasteiger partial charge >= 0.3 is 6.09 Å². The third kappa shape index (κ3) is 4.15. The Hall–Kier alpha value is -2.57. The minimum Gasteiger partial charge on any atom is -0.496 e. The summed E-state index contributed by atoms with van der Waals surface area (Å²) in [6.07, 6.45) is 1.27. The molecule has 1 aliphatic heterocycles. The average Bonchev–Trinajstić information content (AvgIpc) is 3.10. The van der Waals surface area contributed by atoms with Gasteiger partial charge in [-0.2, -0.15) is 4.98 Å². The van der Waals surface area contributed by atoms with Crippen molar-refractivity contribution in [1.29, 1.82) is 0 Å². The van der Waals surface area contributed by atoms with Gasteiger partial charge in [-0.15, -0.1) is 0 Å². The highest BCUT2D eigenvalue weighted by Crippen LogP contribution is 2.31. The van der Waals surface area contributed by atoms with Gasteiger partial charge in [0, 0.05) is 19.0 Å². The summed E-state index contributed by atoms with van der Waals surface area (Å²) in [5.41, 5.74) is 0.320. The van der Waals surface area contributed by atoms with E-state index < -0.39 is 5.60 Å². The highest BCUT2D eigenvalue weighted by atomic mass is 16.6. The van der Waals surface area contributed by atoms with Crippen molar-refractivity contribution in [2.24, 2.45) is 0 Å². The number of ether oxygens (including phenoxy) is 2. The first-order valence-electron chi connectivity index (χ1n) is 8.82. The van der Waals surface area contributed by atoms with Crippen LogP contribution in [0.1, 0.15) is 45.4 Å². The third-order valence-corrected chi connectivity index (χ3v) is 4.29. The third-order valence-electron chi connectivity index (χ3n) is 4.29. The molecule has 1 fully saturated rings. The maximum Gasteiger partial charge on any atom is 0.410 e. The number of piperidine rings is 1. The van der Waals surface area contributed by atoms with Gasteiger partial charge < -0.3 is 18.9 Å². The minimum atomic E-state index is -0.482. The second kappa shape index (κ2) is 7.35. The summed E-state index contributed by atoms with van der Waals surface area (Å²) >= 11 is 0. The van der Waals surface area contributed by atoms with Gasteiger partial charge in [-0.25, -0.2) is 4.79 Å². The van der Waals surface area contributed by atoms with Gasteiger partial charge in [0.15, 0.2) is 0 Å². The molecule has 140 valence electrons. The summed E-state index contributed by atoms with van der Waals surface area (Å²) in [4.78, 5) is 18.4. The molecular weight excluding hydrogens is 334 g/mol. The van der Waals surface area contributed by atoms with E-state index >= 15 is 0 Å². The number of para-hydroxylation sites is 1. The van der Waals surface area contributed by atoms with E-state index in [1.54, 1.807) is 12.0 Å². The van der Waals surface area contributed by atoms with Crippen LogP contribution in [0.3, 0.4) is 0 Å². The summed E-state index contributed by atoms with van der Waals surface area (Å²) in [5.74, 6) is 1.98. The van der Waals surface area contributed by atoms with Crippen molar-refractivity contribution in [1.82, 2.24) is 15.0 Å². The van der Waals surface area contributed by atoms with E-state index in [1.807, 2.05) is 45.0 Å². The lowest BCUT2D eigenvalue weighted by atomic mass is 9.97. The van der Waals surface area contributed by atoms with Crippen LogP contribution in [-0.4, -0.2) is 46.9 Å². The number of aromatic nitrogens is 2. The zero-order valence-corrected chi connectivity index (χ0v) is 15.7. The lowest BCUT2D eigenvalue weighted by molar-refractivity contribution is 0.0198. The molecule has 0 N–H and O–H groups in total. The molecule has 0 bridgehead atoms. The van der Waals surface area contributed by atoms with Crippen molar-refractivity contribution in [3.8, 4) is 17.1 Å². The number of likely N-dealkylation sites (tertiary alicyclic amines) is 1. The first-order valence-corrected chi connectivity index (χ1v) is 8.82. The zero-order valence-electron chi connectivity index (χ0n) is 15.7. The summed E-state index contributed by atoms with van der Waals surface area (Å²) in [6, 6.07) is 7.58. The normalized spacial score (nSPS) is 15.8. The molecule has 1 amide bonds. The highest BCUT2D eigenvalue weighted by molar-refractivity contribution is 5.68. The number of carbonyl (C=O) groups is 1. The van der Waals surface area contributed by atoms with Crippen LogP contribution in [0, 0.1) is 0 Å². The van der Waals surface area contributed by atoms with Crippen molar-refractivity contribution in [3.05, 3.63) is 30.2 Å². The monoisotopic (exact) mass is 359 g/mol. The van der Waals surface area contributed by atoms with Crippen LogP contribution in [0.2, 0.25) is 0 Å². The molecule has 0 unspecified atom stereocenters. The Morgan fingerprint density at radius 3 is 2.58 bits per heavy atom. The van der Waals surface area contributed by atoms with E-state index in [4.69, 9.17) is 14.0 Å². The first-order chi connectivity index (χ1) is 12.4. The van der Waals surface area contributed by atoms with Crippen LogP contribution in [0.15, 0.2) is 28.8 Å². The molecule has 0 aliphatic carbocycles. The lowest BCUT2D eigenvalue weighted by Crippen LogP contribution is -2.41. The highest BCUT2D eigenvalue weighted by Gasteiger charge is 2.30. The Bertz CT molecular complexity index is 758. The second-order valence-corrected chi connectivity index (χ2v) is 7.40. The Morgan fingerprint density at radius 1 is 1.23 bits per heavy atom. The van der Waals surface area contributed by atoms with Crippen molar-refractivity contribution in [2.75, 3.05) is 20.2 Å². The van der Waals surface area contributed by atoms with Gasteiger partial charge in [-0.05, 0) is 45.7 Å². The summed E-state index contributed by atoms with van der Waals surface area (Å²) < 4.78 is 16.3. The Labute approximate surface area is 153 Å². The van der Waals surface area contributed by atoms with Gasteiger partial charge in [0.05, 0.1) is 12.7 Å². The molecule has 0 saturated carbocycles. The van der Waals surface area contributed by atoms with E-state index in [-0.39, 0.29) is 12.0 Å². The van der Waals surface area contributed by atoms with E-state index in [0.717, 1.165) is 18.4 Å². The molecule has 0 spiro atoms.